The molecule has 5 aromatic rings. The molecule has 7 nitrogen and oxygen atoms in total. The fraction of sp³-hybridized carbons (Fsp3) is 0.226. The molecule has 0 amide bonds. The number of benzene rings is 3. The second-order valence-electron chi connectivity index (χ2n) is 10.6. The first-order valence-electron chi connectivity index (χ1n) is 13.2. The summed E-state index contributed by atoms with van der Waals surface area (Å²) in [6.45, 7) is 3.99. The Morgan fingerprint density at radius 2 is 1.95 bits per heavy atom. The van der Waals surface area contributed by atoms with Crippen LogP contribution < -0.4 is 9.47 Å². The van der Waals surface area contributed by atoms with Gasteiger partial charge < -0.3 is 24.5 Å². The highest BCUT2D eigenvalue weighted by Gasteiger charge is 2.38. The van der Waals surface area contributed by atoms with Crippen LogP contribution >= 0.6 is 0 Å². The van der Waals surface area contributed by atoms with Gasteiger partial charge in [-0.25, -0.2) is 18.2 Å². The maximum absolute atomic E-state index is 15.0. The van der Waals surface area contributed by atoms with Crippen LogP contribution in [0.4, 0.5) is 17.6 Å². The van der Waals surface area contributed by atoms with Gasteiger partial charge in [0.2, 0.25) is 11.6 Å². The van der Waals surface area contributed by atoms with Crippen molar-refractivity contribution in [1.82, 2.24) is 15.0 Å². The predicted octanol–water partition coefficient (Wildman–Crippen LogP) is 7.26. The first kappa shape index (κ1) is 27.4. The average molecular weight is 580 g/mol. The van der Waals surface area contributed by atoms with E-state index in [1.165, 1.54) is 24.4 Å². The number of aromatic nitrogens is 3. The molecule has 11 heteroatoms. The average Bonchev–Trinajstić information content (AvgIpc) is 3.67. The van der Waals surface area contributed by atoms with E-state index in [1.807, 2.05) is 25.1 Å². The summed E-state index contributed by atoms with van der Waals surface area (Å²) in [7, 11) is 0. The van der Waals surface area contributed by atoms with Crippen LogP contribution in [0.3, 0.4) is 0 Å². The third-order valence-corrected chi connectivity index (χ3v) is 7.86. The molecule has 1 aliphatic rings. The lowest BCUT2D eigenvalue weighted by atomic mass is 9.74. The number of carboxylic acids is 1. The Bertz CT molecular complexity index is 1850. The van der Waals surface area contributed by atoms with Crippen LogP contribution in [0, 0.1) is 29.2 Å². The second kappa shape index (κ2) is 10.2. The minimum absolute atomic E-state index is 0.0253. The lowest BCUT2D eigenvalue weighted by Crippen LogP contribution is -2.32. The van der Waals surface area contributed by atoms with E-state index >= 15 is 4.39 Å². The minimum Gasteiger partial charge on any atom is -0.493 e. The zero-order chi connectivity index (χ0) is 29.8. The molecule has 3 N–H and O–H groups in total. The molecule has 1 aliphatic heterocycles. The van der Waals surface area contributed by atoms with Crippen molar-refractivity contribution in [2.75, 3.05) is 6.61 Å². The van der Waals surface area contributed by atoms with Gasteiger partial charge in [-0.1, -0.05) is 25.1 Å². The number of hydrogen-bond acceptors (Lipinski definition) is 4. The molecule has 0 fully saturated rings. The van der Waals surface area contributed by atoms with Crippen LogP contribution in [0.5, 0.6) is 17.2 Å². The zero-order valence-electron chi connectivity index (χ0n) is 22.5. The van der Waals surface area contributed by atoms with Crippen LogP contribution in [0.25, 0.3) is 22.3 Å². The van der Waals surface area contributed by atoms with Gasteiger partial charge in [-0.05, 0) is 49.6 Å². The van der Waals surface area contributed by atoms with Gasteiger partial charge in [-0.2, -0.15) is 4.39 Å². The Morgan fingerprint density at radius 1 is 1.14 bits per heavy atom. The number of ether oxygens (including phenoxy) is 2. The molecule has 216 valence electrons. The Kier molecular flexibility index (Phi) is 6.67. The number of rotatable bonds is 7. The monoisotopic (exact) mass is 579 g/mol. The van der Waals surface area contributed by atoms with Crippen LogP contribution in [-0.2, 0) is 16.6 Å². The maximum atomic E-state index is 15.0. The number of carboxylic acid groups (broad SMARTS) is 1. The number of imidazole rings is 1. The summed E-state index contributed by atoms with van der Waals surface area (Å²) in [5.41, 5.74) is 1.30. The quantitative estimate of drug-likeness (QED) is 0.139. The van der Waals surface area contributed by atoms with E-state index in [-0.39, 0.29) is 28.0 Å². The fourth-order valence-corrected chi connectivity index (χ4v) is 5.40. The summed E-state index contributed by atoms with van der Waals surface area (Å²) in [4.78, 5) is 21.5. The van der Waals surface area contributed by atoms with E-state index in [0.29, 0.717) is 30.9 Å². The third kappa shape index (κ3) is 4.45. The Balaban J connectivity index is 1.34. The molecule has 3 heterocycles. The summed E-state index contributed by atoms with van der Waals surface area (Å²) < 4.78 is 70.5. The third-order valence-electron chi connectivity index (χ3n) is 7.86. The normalized spacial score (nSPS) is 17.1. The van der Waals surface area contributed by atoms with Gasteiger partial charge in [0.05, 0.1) is 23.6 Å². The van der Waals surface area contributed by atoms with Gasteiger partial charge >= 0.3 is 5.97 Å². The van der Waals surface area contributed by atoms with Crippen molar-refractivity contribution in [3.05, 3.63) is 94.9 Å². The molecule has 2 unspecified atom stereocenters. The number of aliphatic carboxylic acids is 1. The van der Waals surface area contributed by atoms with E-state index in [4.69, 9.17) is 9.47 Å². The number of halogens is 4. The molecule has 0 saturated heterocycles. The molecule has 2 atom stereocenters. The van der Waals surface area contributed by atoms with E-state index in [1.54, 1.807) is 13.1 Å². The van der Waals surface area contributed by atoms with E-state index in [2.05, 4.69) is 15.0 Å². The largest absolute Gasteiger partial charge is 0.493 e. The number of para-hydroxylation sites is 1. The first-order valence-corrected chi connectivity index (χ1v) is 13.2. The summed E-state index contributed by atoms with van der Waals surface area (Å²) >= 11 is 0. The molecule has 6 rings (SSSR count). The molecule has 42 heavy (non-hydrogen) atoms. The molecule has 0 saturated carbocycles. The van der Waals surface area contributed by atoms with Gasteiger partial charge in [0.1, 0.15) is 23.1 Å². The summed E-state index contributed by atoms with van der Waals surface area (Å²) in [6.07, 6.45) is 3.72. The topological polar surface area (TPSA) is 100 Å². The predicted molar refractivity (Wildman–Crippen MR) is 146 cm³/mol. The summed E-state index contributed by atoms with van der Waals surface area (Å²) in [5, 5.41) is 9.20. The standard InChI is InChI=1S/C31H25F4N3O4/c1-15(30(39)40)12-16-4-3-5-20-27(16)41-11-9-31(20,2)22-14-37-29(38-22)19-13-17(6-7-21(19)32)42-28-23(33)18-8-10-36-26(18)24(34)25(28)35/h3-8,10,13-15,36H,9,11-12H2,1-2H3,(H,37,38)(H,39,40). The molecule has 0 aliphatic carbocycles. The number of hydrogen-bond donors (Lipinski definition) is 3. The molecule has 0 radical (unpaired) electrons. The van der Waals surface area contributed by atoms with Crippen molar-refractivity contribution < 1.29 is 36.9 Å². The molecule has 3 aromatic carbocycles. The van der Waals surface area contributed by atoms with Crippen molar-refractivity contribution in [1.29, 1.82) is 0 Å². The van der Waals surface area contributed by atoms with Crippen molar-refractivity contribution in [3.63, 3.8) is 0 Å². The fourth-order valence-electron chi connectivity index (χ4n) is 5.40. The van der Waals surface area contributed by atoms with E-state index in [0.717, 1.165) is 17.2 Å². The van der Waals surface area contributed by atoms with Gasteiger partial charge in [0, 0.05) is 34.5 Å². The van der Waals surface area contributed by atoms with Crippen molar-refractivity contribution in [3.8, 4) is 28.6 Å². The Labute approximate surface area is 237 Å². The van der Waals surface area contributed by atoms with E-state index in [9.17, 15) is 23.1 Å². The van der Waals surface area contributed by atoms with Crippen molar-refractivity contribution in [2.24, 2.45) is 5.92 Å². The first-order chi connectivity index (χ1) is 20.1. The van der Waals surface area contributed by atoms with Crippen molar-refractivity contribution in [2.45, 2.75) is 32.1 Å². The number of H-pyrrole nitrogens is 2. The molecule has 0 bridgehead atoms. The second-order valence-corrected chi connectivity index (χ2v) is 10.6. The van der Waals surface area contributed by atoms with Gasteiger partial charge in [-0.15, -0.1) is 0 Å². The van der Waals surface area contributed by atoms with Crippen molar-refractivity contribution >= 4 is 16.9 Å². The van der Waals surface area contributed by atoms with Crippen LogP contribution in [0.15, 0.2) is 54.9 Å². The summed E-state index contributed by atoms with van der Waals surface area (Å²) in [5.74, 6) is -6.40. The van der Waals surface area contributed by atoms with Crippen LogP contribution in [-0.4, -0.2) is 32.6 Å². The van der Waals surface area contributed by atoms with Gasteiger partial charge in [0.25, 0.3) is 0 Å². The number of carbonyl (C=O) groups is 1. The lowest BCUT2D eigenvalue weighted by Gasteiger charge is -2.36. The smallest absolute Gasteiger partial charge is 0.306 e. The molecule has 2 aromatic heterocycles. The molecule has 0 spiro atoms. The Hall–Kier alpha value is -4.80. The van der Waals surface area contributed by atoms with Crippen LogP contribution in [0.1, 0.15) is 37.1 Å². The highest BCUT2D eigenvalue weighted by Crippen LogP contribution is 2.45. The molecular formula is C31H25F4N3O4. The zero-order valence-corrected chi connectivity index (χ0v) is 22.5. The Morgan fingerprint density at radius 3 is 2.74 bits per heavy atom. The number of nitrogens with one attached hydrogen (secondary N) is 2. The molecular weight excluding hydrogens is 554 g/mol. The van der Waals surface area contributed by atoms with Gasteiger partial charge in [-0.3, -0.25) is 4.79 Å². The van der Waals surface area contributed by atoms with Gasteiger partial charge in [0.15, 0.2) is 11.6 Å². The van der Waals surface area contributed by atoms with E-state index < -0.39 is 46.3 Å². The SMILES string of the molecule is CC(Cc1cccc2c1OCCC2(C)c1cnc(-c2cc(Oc3c(F)c(F)c4[nH]ccc4c3F)ccc2F)[nH]1)C(=O)O. The highest BCUT2D eigenvalue weighted by atomic mass is 19.2. The highest BCUT2D eigenvalue weighted by molar-refractivity contribution is 5.82. The number of fused-ring (bicyclic) bond motifs is 2. The number of aromatic amines is 2. The minimum atomic E-state index is -1.52. The number of nitrogens with zero attached hydrogens (tertiary/aromatic N) is 1. The summed E-state index contributed by atoms with van der Waals surface area (Å²) in [6, 6.07) is 10.3. The van der Waals surface area contributed by atoms with Crippen LogP contribution in [0.2, 0.25) is 0 Å². The lowest BCUT2D eigenvalue weighted by molar-refractivity contribution is -0.141. The maximum Gasteiger partial charge on any atom is 0.306 e.